The van der Waals surface area contributed by atoms with Crippen LogP contribution in [-0.2, 0) is 14.3 Å². The van der Waals surface area contributed by atoms with Gasteiger partial charge in [-0.2, -0.15) is 8.78 Å². The number of anilines is 1. The Morgan fingerprint density at radius 1 is 1.08 bits per heavy atom. The quantitative estimate of drug-likeness (QED) is 0.602. The van der Waals surface area contributed by atoms with Crippen molar-refractivity contribution in [3.8, 4) is 5.75 Å². The lowest BCUT2D eigenvalue weighted by Crippen LogP contribution is -2.20. The third-order valence-electron chi connectivity index (χ3n) is 3.20. The summed E-state index contributed by atoms with van der Waals surface area (Å²) in [6, 6.07) is 12.9. The van der Waals surface area contributed by atoms with E-state index in [2.05, 4.69) is 10.1 Å². The molecule has 0 aliphatic heterocycles. The van der Waals surface area contributed by atoms with Gasteiger partial charge in [0.1, 0.15) is 5.75 Å². The van der Waals surface area contributed by atoms with Gasteiger partial charge in [0.15, 0.2) is 6.61 Å². The minimum Gasteiger partial charge on any atom is -0.452 e. The Labute approximate surface area is 149 Å². The van der Waals surface area contributed by atoms with Gasteiger partial charge in [0.25, 0.3) is 5.91 Å². The lowest BCUT2D eigenvalue weighted by molar-refractivity contribution is -0.142. The second-order valence-corrected chi connectivity index (χ2v) is 5.30. The molecule has 2 rings (SSSR count). The molecule has 0 atom stereocenters. The standard InChI is InChI=1S/C19H17F2NO4/c1-13-2-4-14(5-3-13)6-11-18(24)25-12-17(23)22-15-7-9-16(10-8-15)26-19(20)21/h2-11,19H,12H2,1H3,(H,22,23)/b11-6+. The minimum absolute atomic E-state index is 0.0225. The number of rotatable bonds is 7. The molecule has 0 bridgehead atoms. The highest BCUT2D eigenvalue weighted by Crippen LogP contribution is 2.17. The first kappa shape index (κ1) is 19.1. The number of ether oxygens (including phenoxy) is 2. The summed E-state index contributed by atoms with van der Waals surface area (Å²) >= 11 is 0. The molecule has 2 aromatic carbocycles. The molecule has 0 aliphatic carbocycles. The van der Waals surface area contributed by atoms with E-state index in [4.69, 9.17) is 4.74 Å². The van der Waals surface area contributed by atoms with Gasteiger partial charge in [-0.1, -0.05) is 29.8 Å². The van der Waals surface area contributed by atoms with Crippen molar-refractivity contribution in [3.05, 3.63) is 65.7 Å². The smallest absolute Gasteiger partial charge is 0.387 e. The van der Waals surface area contributed by atoms with Crippen LogP contribution < -0.4 is 10.1 Å². The number of aryl methyl sites for hydroxylation is 1. The monoisotopic (exact) mass is 361 g/mol. The number of esters is 1. The van der Waals surface area contributed by atoms with Crippen LogP contribution in [0.15, 0.2) is 54.6 Å². The van der Waals surface area contributed by atoms with Crippen molar-refractivity contribution in [2.45, 2.75) is 13.5 Å². The maximum absolute atomic E-state index is 12.1. The minimum atomic E-state index is -2.91. The number of hydrogen-bond acceptors (Lipinski definition) is 4. The molecule has 1 N–H and O–H groups in total. The molecule has 0 spiro atoms. The summed E-state index contributed by atoms with van der Waals surface area (Å²) < 4.78 is 33.1. The molecule has 0 heterocycles. The molecule has 0 fully saturated rings. The third-order valence-corrected chi connectivity index (χ3v) is 3.20. The normalized spacial score (nSPS) is 10.8. The van der Waals surface area contributed by atoms with Gasteiger partial charge in [0, 0.05) is 11.8 Å². The number of benzene rings is 2. The van der Waals surface area contributed by atoms with E-state index < -0.39 is 25.1 Å². The van der Waals surface area contributed by atoms with Crippen LogP contribution in [0.2, 0.25) is 0 Å². The summed E-state index contributed by atoms with van der Waals surface area (Å²) in [5, 5.41) is 2.47. The van der Waals surface area contributed by atoms with Crippen molar-refractivity contribution in [2.24, 2.45) is 0 Å². The van der Waals surface area contributed by atoms with Crippen molar-refractivity contribution in [1.29, 1.82) is 0 Å². The molecule has 5 nitrogen and oxygen atoms in total. The van der Waals surface area contributed by atoms with Gasteiger partial charge in [-0.3, -0.25) is 4.79 Å². The van der Waals surface area contributed by atoms with Crippen molar-refractivity contribution in [1.82, 2.24) is 0 Å². The van der Waals surface area contributed by atoms with Crippen molar-refractivity contribution in [3.63, 3.8) is 0 Å². The number of hydrogen-bond donors (Lipinski definition) is 1. The van der Waals surface area contributed by atoms with Gasteiger partial charge in [-0.25, -0.2) is 4.79 Å². The van der Waals surface area contributed by atoms with Gasteiger partial charge in [0.05, 0.1) is 0 Å². The van der Waals surface area contributed by atoms with Crippen LogP contribution in [-0.4, -0.2) is 25.1 Å². The van der Waals surface area contributed by atoms with Gasteiger partial charge < -0.3 is 14.8 Å². The number of nitrogens with one attached hydrogen (secondary N) is 1. The average Bonchev–Trinajstić information content (AvgIpc) is 2.61. The van der Waals surface area contributed by atoms with Crippen LogP contribution in [0, 0.1) is 6.92 Å². The third kappa shape index (κ3) is 6.72. The van der Waals surface area contributed by atoms with E-state index in [9.17, 15) is 18.4 Å². The Balaban J connectivity index is 1.77. The van der Waals surface area contributed by atoms with Gasteiger partial charge in [-0.05, 0) is 42.8 Å². The van der Waals surface area contributed by atoms with Crippen LogP contribution in [0.25, 0.3) is 6.08 Å². The Kier molecular flexibility index (Phi) is 6.84. The highest BCUT2D eigenvalue weighted by molar-refractivity contribution is 5.94. The zero-order chi connectivity index (χ0) is 18.9. The van der Waals surface area contributed by atoms with Crippen LogP contribution in [0.4, 0.5) is 14.5 Å². The summed E-state index contributed by atoms with van der Waals surface area (Å²) in [4.78, 5) is 23.3. The average molecular weight is 361 g/mol. The Hall–Kier alpha value is -3.22. The van der Waals surface area contributed by atoms with Gasteiger partial charge in [-0.15, -0.1) is 0 Å². The van der Waals surface area contributed by atoms with Crippen molar-refractivity contribution >= 4 is 23.6 Å². The predicted octanol–water partition coefficient (Wildman–Crippen LogP) is 3.79. The Morgan fingerprint density at radius 3 is 2.35 bits per heavy atom. The van der Waals surface area contributed by atoms with Crippen LogP contribution in [0.3, 0.4) is 0 Å². The fourth-order valence-corrected chi connectivity index (χ4v) is 1.94. The highest BCUT2D eigenvalue weighted by Gasteiger charge is 2.07. The maximum atomic E-state index is 12.1. The molecule has 0 radical (unpaired) electrons. The molecule has 0 unspecified atom stereocenters. The van der Waals surface area contributed by atoms with E-state index in [1.165, 1.54) is 30.3 Å². The molecule has 0 aromatic heterocycles. The molecule has 7 heteroatoms. The van der Waals surface area contributed by atoms with Gasteiger partial charge in [0.2, 0.25) is 0 Å². The van der Waals surface area contributed by atoms with Crippen LogP contribution in [0.1, 0.15) is 11.1 Å². The molecular weight excluding hydrogens is 344 g/mol. The first-order chi connectivity index (χ1) is 12.4. The van der Waals surface area contributed by atoms with Crippen molar-refractivity contribution in [2.75, 3.05) is 11.9 Å². The van der Waals surface area contributed by atoms with Crippen molar-refractivity contribution < 1.29 is 27.8 Å². The zero-order valence-corrected chi connectivity index (χ0v) is 13.9. The van der Waals surface area contributed by atoms with Crippen LogP contribution in [0.5, 0.6) is 5.75 Å². The number of amides is 1. The van der Waals surface area contributed by atoms with E-state index in [0.717, 1.165) is 11.1 Å². The zero-order valence-electron chi connectivity index (χ0n) is 13.9. The molecule has 0 saturated carbocycles. The van der Waals surface area contributed by atoms with Crippen LogP contribution >= 0.6 is 0 Å². The highest BCUT2D eigenvalue weighted by atomic mass is 19.3. The first-order valence-corrected chi connectivity index (χ1v) is 7.68. The Bertz CT molecular complexity index is 771. The second-order valence-electron chi connectivity index (χ2n) is 5.30. The van der Waals surface area contributed by atoms with E-state index in [1.807, 2.05) is 31.2 Å². The topological polar surface area (TPSA) is 64.6 Å². The summed E-state index contributed by atoms with van der Waals surface area (Å²) in [6.07, 6.45) is 2.82. The maximum Gasteiger partial charge on any atom is 0.387 e. The summed E-state index contributed by atoms with van der Waals surface area (Å²) in [5.74, 6) is -1.23. The fourth-order valence-electron chi connectivity index (χ4n) is 1.94. The molecule has 136 valence electrons. The number of halogens is 2. The SMILES string of the molecule is Cc1ccc(/C=C/C(=O)OCC(=O)Nc2ccc(OC(F)F)cc2)cc1. The number of alkyl halides is 2. The number of carbonyl (C=O) groups excluding carboxylic acids is 2. The summed E-state index contributed by atoms with van der Waals surface area (Å²) in [5.41, 5.74) is 2.31. The fraction of sp³-hybridized carbons (Fsp3) is 0.158. The molecular formula is C19H17F2NO4. The largest absolute Gasteiger partial charge is 0.452 e. The predicted molar refractivity (Wildman–Crippen MR) is 92.9 cm³/mol. The summed E-state index contributed by atoms with van der Waals surface area (Å²) in [6.45, 7) is -1.42. The Morgan fingerprint density at radius 2 is 1.73 bits per heavy atom. The lowest BCUT2D eigenvalue weighted by atomic mass is 10.1. The van der Waals surface area contributed by atoms with E-state index in [-0.39, 0.29) is 5.75 Å². The molecule has 2 aromatic rings. The lowest BCUT2D eigenvalue weighted by Gasteiger charge is -2.07. The van der Waals surface area contributed by atoms with E-state index in [1.54, 1.807) is 6.08 Å². The van der Waals surface area contributed by atoms with E-state index in [0.29, 0.717) is 5.69 Å². The van der Waals surface area contributed by atoms with Gasteiger partial charge >= 0.3 is 12.6 Å². The second kappa shape index (κ2) is 9.31. The molecule has 0 aliphatic rings. The molecule has 1 amide bonds. The first-order valence-electron chi connectivity index (χ1n) is 7.68. The van der Waals surface area contributed by atoms with E-state index >= 15 is 0 Å². The molecule has 26 heavy (non-hydrogen) atoms. The molecule has 0 saturated heterocycles. The number of carbonyl (C=O) groups is 2. The summed E-state index contributed by atoms with van der Waals surface area (Å²) in [7, 11) is 0.